The summed E-state index contributed by atoms with van der Waals surface area (Å²) in [5, 5.41) is 1.93. The zero-order valence-corrected chi connectivity index (χ0v) is 20.0. The lowest BCUT2D eigenvalue weighted by atomic mass is 9.75. The summed E-state index contributed by atoms with van der Waals surface area (Å²) in [5.41, 5.74) is -0.461. The van der Waals surface area contributed by atoms with Crippen LogP contribution in [-0.2, 0) is 33.4 Å². The standard InChI is InChI=1S/C26H28N4O3S/c1-28-14-12-27-24(28)21-11-5-6-13-29(21)22(31)16-26(19-8-3-2-4-9-19)17-23(32)30(25(26)33)18-20-10-7-15-34-20/h2-4,7-10,12,14-15,21H,5-6,11,13,16-18H2,1H3/t21-,26+/m1/s1. The van der Waals surface area contributed by atoms with Gasteiger partial charge in [-0.15, -0.1) is 11.3 Å². The Morgan fingerprint density at radius 1 is 1.15 bits per heavy atom. The topological polar surface area (TPSA) is 75.5 Å². The first-order chi connectivity index (χ1) is 16.5. The van der Waals surface area contributed by atoms with Crippen molar-refractivity contribution < 1.29 is 14.4 Å². The number of aromatic nitrogens is 2. The van der Waals surface area contributed by atoms with E-state index in [9.17, 15) is 14.4 Å². The Bertz CT molecular complexity index is 1190. The number of likely N-dealkylation sites (tertiary alicyclic amines) is 2. The van der Waals surface area contributed by atoms with Crippen LogP contribution in [0.15, 0.2) is 60.2 Å². The molecular weight excluding hydrogens is 448 g/mol. The van der Waals surface area contributed by atoms with E-state index in [2.05, 4.69) is 4.98 Å². The van der Waals surface area contributed by atoms with Gasteiger partial charge in [0.05, 0.1) is 18.0 Å². The van der Waals surface area contributed by atoms with Gasteiger partial charge in [-0.05, 0) is 36.3 Å². The second-order valence-corrected chi connectivity index (χ2v) is 10.2. The van der Waals surface area contributed by atoms with E-state index in [0.717, 1.165) is 35.5 Å². The number of imide groups is 1. The van der Waals surface area contributed by atoms with E-state index in [0.29, 0.717) is 6.54 Å². The molecule has 7 nitrogen and oxygen atoms in total. The molecule has 2 aliphatic heterocycles. The predicted molar refractivity (Wildman–Crippen MR) is 129 cm³/mol. The Morgan fingerprint density at radius 3 is 2.68 bits per heavy atom. The van der Waals surface area contributed by atoms with Gasteiger partial charge in [0.1, 0.15) is 5.82 Å². The molecule has 5 rings (SSSR count). The normalized spacial score (nSPS) is 23.0. The van der Waals surface area contributed by atoms with E-state index in [1.54, 1.807) is 6.20 Å². The quantitative estimate of drug-likeness (QED) is 0.507. The molecule has 2 saturated heterocycles. The predicted octanol–water partition coefficient (Wildman–Crippen LogP) is 3.82. The lowest BCUT2D eigenvalue weighted by molar-refractivity contribution is -0.144. The van der Waals surface area contributed by atoms with Crippen molar-refractivity contribution in [2.45, 2.75) is 50.1 Å². The maximum absolute atomic E-state index is 13.9. The number of hydrogen-bond donors (Lipinski definition) is 0. The van der Waals surface area contributed by atoms with Gasteiger partial charge < -0.3 is 9.47 Å². The number of thiophene rings is 1. The molecule has 176 valence electrons. The Balaban J connectivity index is 1.47. The lowest BCUT2D eigenvalue weighted by Gasteiger charge is -2.37. The van der Waals surface area contributed by atoms with Gasteiger partial charge in [-0.25, -0.2) is 4.98 Å². The minimum atomic E-state index is -1.18. The fourth-order valence-corrected chi connectivity index (χ4v) is 5.99. The molecule has 2 fully saturated rings. The molecule has 34 heavy (non-hydrogen) atoms. The summed E-state index contributed by atoms with van der Waals surface area (Å²) in [6.07, 6.45) is 6.41. The third kappa shape index (κ3) is 3.96. The van der Waals surface area contributed by atoms with E-state index in [1.807, 2.05) is 70.6 Å². The molecule has 4 heterocycles. The van der Waals surface area contributed by atoms with Crippen LogP contribution in [0.4, 0.5) is 0 Å². The van der Waals surface area contributed by atoms with Crippen LogP contribution in [0, 0.1) is 0 Å². The highest BCUT2D eigenvalue weighted by Crippen LogP contribution is 2.42. The van der Waals surface area contributed by atoms with E-state index in [4.69, 9.17) is 0 Å². The van der Waals surface area contributed by atoms with Gasteiger partial charge >= 0.3 is 0 Å². The molecule has 0 bridgehead atoms. The molecule has 0 spiro atoms. The molecule has 1 aromatic carbocycles. The third-order valence-electron chi connectivity index (χ3n) is 7.06. The van der Waals surface area contributed by atoms with Crippen LogP contribution in [0.2, 0.25) is 0 Å². The summed E-state index contributed by atoms with van der Waals surface area (Å²) in [5.74, 6) is 0.246. The van der Waals surface area contributed by atoms with Crippen molar-refractivity contribution in [2.75, 3.05) is 6.54 Å². The summed E-state index contributed by atoms with van der Waals surface area (Å²) < 4.78 is 1.95. The number of rotatable bonds is 6. The van der Waals surface area contributed by atoms with E-state index in [-0.39, 0.29) is 43.1 Å². The van der Waals surface area contributed by atoms with Crippen molar-refractivity contribution in [1.82, 2.24) is 19.4 Å². The van der Waals surface area contributed by atoms with Gasteiger partial charge in [0, 0.05) is 43.7 Å². The molecule has 0 unspecified atom stereocenters. The number of piperidine rings is 1. The van der Waals surface area contributed by atoms with Crippen molar-refractivity contribution in [3.63, 3.8) is 0 Å². The number of nitrogens with zero attached hydrogens (tertiary/aromatic N) is 4. The van der Waals surface area contributed by atoms with Crippen LogP contribution in [0.5, 0.6) is 0 Å². The van der Waals surface area contributed by atoms with Crippen molar-refractivity contribution >= 4 is 29.1 Å². The van der Waals surface area contributed by atoms with E-state index in [1.165, 1.54) is 16.2 Å². The molecule has 2 atom stereocenters. The largest absolute Gasteiger partial charge is 0.336 e. The molecule has 3 aromatic rings. The fraction of sp³-hybridized carbons (Fsp3) is 0.385. The number of carbonyl (C=O) groups is 3. The Labute approximate surface area is 203 Å². The third-order valence-corrected chi connectivity index (χ3v) is 7.92. The number of hydrogen-bond acceptors (Lipinski definition) is 5. The zero-order chi connectivity index (χ0) is 23.7. The highest BCUT2D eigenvalue weighted by Gasteiger charge is 2.54. The second-order valence-electron chi connectivity index (χ2n) is 9.16. The number of imidazole rings is 1. The summed E-state index contributed by atoms with van der Waals surface area (Å²) in [6.45, 7) is 0.875. The zero-order valence-electron chi connectivity index (χ0n) is 19.2. The van der Waals surface area contributed by atoms with Crippen LogP contribution in [0.1, 0.15) is 54.4 Å². The van der Waals surface area contributed by atoms with Gasteiger partial charge in [-0.3, -0.25) is 19.3 Å². The first kappa shape index (κ1) is 22.5. The molecule has 2 aromatic heterocycles. The molecular formula is C26H28N4O3S. The first-order valence-corrected chi connectivity index (χ1v) is 12.6. The number of amides is 3. The van der Waals surface area contributed by atoms with Gasteiger partial charge in [-0.1, -0.05) is 36.4 Å². The highest BCUT2D eigenvalue weighted by atomic mass is 32.1. The van der Waals surface area contributed by atoms with Gasteiger partial charge in [0.15, 0.2) is 0 Å². The van der Waals surface area contributed by atoms with Crippen LogP contribution >= 0.6 is 11.3 Å². The van der Waals surface area contributed by atoms with Crippen LogP contribution in [-0.4, -0.2) is 43.6 Å². The second kappa shape index (κ2) is 9.18. The summed E-state index contributed by atoms with van der Waals surface area (Å²) >= 11 is 1.52. The van der Waals surface area contributed by atoms with Gasteiger partial charge in [0.2, 0.25) is 17.7 Å². The molecule has 8 heteroatoms. The minimum absolute atomic E-state index is 0.00781. The SMILES string of the molecule is Cn1ccnc1[C@H]1CCCCN1C(=O)C[C@@]1(c2ccccc2)CC(=O)N(Cc2cccs2)C1=O. The molecule has 0 saturated carbocycles. The highest BCUT2D eigenvalue weighted by molar-refractivity contribution is 7.09. The number of aryl methyl sites for hydroxylation is 1. The van der Waals surface area contributed by atoms with Gasteiger partial charge in [-0.2, -0.15) is 0 Å². The average molecular weight is 477 g/mol. The maximum atomic E-state index is 13.9. The van der Waals surface area contributed by atoms with Crippen molar-refractivity contribution in [2.24, 2.45) is 7.05 Å². The van der Waals surface area contributed by atoms with E-state index < -0.39 is 5.41 Å². The van der Waals surface area contributed by atoms with Gasteiger partial charge in [0.25, 0.3) is 0 Å². The van der Waals surface area contributed by atoms with Crippen LogP contribution < -0.4 is 0 Å². The van der Waals surface area contributed by atoms with Crippen LogP contribution in [0.3, 0.4) is 0 Å². The molecule has 3 amide bonds. The van der Waals surface area contributed by atoms with Crippen molar-refractivity contribution in [1.29, 1.82) is 0 Å². The average Bonchev–Trinajstić information content (AvgIpc) is 3.58. The van der Waals surface area contributed by atoms with E-state index >= 15 is 0 Å². The molecule has 0 N–H and O–H groups in total. The number of carbonyl (C=O) groups excluding carboxylic acids is 3. The Hall–Kier alpha value is -3.26. The Morgan fingerprint density at radius 2 is 1.97 bits per heavy atom. The summed E-state index contributed by atoms with van der Waals surface area (Å²) in [6, 6.07) is 13.0. The minimum Gasteiger partial charge on any atom is -0.336 e. The number of benzene rings is 1. The maximum Gasteiger partial charge on any atom is 0.241 e. The smallest absolute Gasteiger partial charge is 0.241 e. The monoisotopic (exact) mass is 476 g/mol. The summed E-state index contributed by atoms with van der Waals surface area (Å²) in [7, 11) is 1.94. The molecule has 0 radical (unpaired) electrons. The first-order valence-electron chi connectivity index (χ1n) is 11.7. The molecule has 2 aliphatic rings. The van der Waals surface area contributed by atoms with Crippen molar-refractivity contribution in [3.05, 3.63) is 76.5 Å². The summed E-state index contributed by atoms with van der Waals surface area (Å²) in [4.78, 5) is 49.5. The van der Waals surface area contributed by atoms with Crippen LogP contribution in [0.25, 0.3) is 0 Å². The molecule has 0 aliphatic carbocycles. The van der Waals surface area contributed by atoms with Crippen molar-refractivity contribution in [3.8, 4) is 0 Å². The lowest BCUT2D eigenvalue weighted by Crippen LogP contribution is -2.46. The fourth-order valence-electron chi connectivity index (χ4n) is 5.30. The Kier molecular flexibility index (Phi) is 6.08.